The number of hydrogen-bond donors (Lipinski definition) is 0. The van der Waals surface area contributed by atoms with E-state index in [-0.39, 0.29) is 5.92 Å². The first kappa shape index (κ1) is 21.9. The molecule has 0 bridgehead atoms. The molecule has 2 aliphatic rings. The third kappa shape index (κ3) is 4.92. The van der Waals surface area contributed by atoms with E-state index in [1.807, 2.05) is 20.8 Å². The largest absolute Gasteiger partial charge is 0.469 e. The van der Waals surface area contributed by atoms with Crippen LogP contribution in [0.4, 0.5) is 4.79 Å². The fourth-order valence-electron chi connectivity index (χ4n) is 3.23. The van der Waals surface area contributed by atoms with E-state index in [0.29, 0.717) is 18.9 Å². The molecule has 0 aromatic heterocycles. The van der Waals surface area contributed by atoms with Gasteiger partial charge >= 0.3 is 18.0 Å². The molecule has 0 N–H and O–H groups in total. The average molecular weight is 399 g/mol. The van der Waals surface area contributed by atoms with Crippen molar-refractivity contribution in [1.82, 2.24) is 9.96 Å². The van der Waals surface area contributed by atoms with Gasteiger partial charge in [-0.05, 0) is 33.6 Å². The highest BCUT2D eigenvalue weighted by molar-refractivity contribution is 5.93. The molecular formula is C18H29N3O7. The Labute approximate surface area is 164 Å². The molecule has 0 spiro atoms. The van der Waals surface area contributed by atoms with Crippen LogP contribution in [0.25, 0.3) is 0 Å². The lowest BCUT2D eigenvalue weighted by molar-refractivity contribution is -0.206. The highest BCUT2D eigenvalue weighted by atomic mass is 16.7. The summed E-state index contributed by atoms with van der Waals surface area (Å²) in [6.07, 6.45) is 0.695. The lowest BCUT2D eigenvalue weighted by Gasteiger charge is -2.34. The number of amides is 1. The minimum Gasteiger partial charge on any atom is -0.469 e. The quantitative estimate of drug-likeness (QED) is 0.515. The molecule has 28 heavy (non-hydrogen) atoms. The minimum absolute atomic E-state index is 0.171. The summed E-state index contributed by atoms with van der Waals surface area (Å²) < 4.78 is 14.9. The summed E-state index contributed by atoms with van der Waals surface area (Å²) >= 11 is 0. The zero-order chi connectivity index (χ0) is 21.1. The van der Waals surface area contributed by atoms with Crippen LogP contribution in [0.1, 0.15) is 40.0 Å². The Hall–Kier alpha value is -2.36. The zero-order valence-corrected chi connectivity index (χ0v) is 17.3. The third-order valence-corrected chi connectivity index (χ3v) is 4.46. The Morgan fingerprint density at radius 2 is 1.93 bits per heavy atom. The normalized spacial score (nSPS) is 25.2. The molecule has 10 heteroatoms. The van der Waals surface area contributed by atoms with Crippen molar-refractivity contribution in [3.05, 3.63) is 0 Å². The molecule has 0 aromatic carbocycles. The van der Waals surface area contributed by atoms with E-state index in [1.165, 1.54) is 19.3 Å². The van der Waals surface area contributed by atoms with E-state index >= 15 is 0 Å². The molecule has 2 unspecified atom stereocenters. The van der Waals surface area contributed by atoms with Gasteiger partial charge in [0.2, 0.25) is 0 Å². The Bertz CT molecular complexity index is 658. The van der Waals surface area contributed by atoms with Crippen molar-refractivity contribution >= 4 is 23.9 Å². The first-order valence-electron chi connectivity index (χ1n) is 9.17. The summed E-state index contributed by atoms with van der Waals surface area (Å²) in [7, 11) is 4.02. The van der Waals surface area contributed by atoms with Gasteiger partial charge in [0.15, 0.2) is 0 Å². The topological polar surface area (TPSA) is 107 Å². The van der Waals surface area contributed by atoms with Gasteiger partial charge in [-0.1, -0.05) is 0 Å². The van der Waals surface area contributed by atoms with Gasteiger partial charge < -0.3 is 19.1 Å². The first-order chi connectivity index (χ1) is 13.0. The number of esters is 2. The first-order valence-corrected chi connectivity index (χ1v) is 9.17. The minimum atomic E-state index is -1.82. The van der Waals surface area contributed by atoms with Gasteiger partial charge in [-0.2, -0.15) is 0 Å². The van der Waals surface area contributed by atoms with Gasteiger partial charge in [0, 0.05) is 26.1 Å². The van der Waals surface area contributed by atoms with Crippen molar-refractivity contribution in [2.45, 2.75) is 51.4 Å². The number of hydrogen-bond acceptors (Lipinski definition) is 9. The molecule has 1 amide bonds. The van der Waals surface area contributed by atoms with Crippen LogP contribution in [0.2, 0.25) is 0 Å². The molecule has 158 valence electrons. The maximum Gasteiger partial charge on any atom is 0.410 e. The number of ether oxygens (including phenoxy) is 3. The maximum atomic E-state index is 12.4. The molecule has 0 radical (unpaired) electrons. The van der Waals surface area contributed by atoms with Gasteiger partial charge in [-0.3, -0.25) is 4.79 Å². The monoisotopic (exact) mass is 399 g/mol. The Kier molecular flexibility index (Phi) is 6.53. The van der Waals surface area contributed by atoms with Crippen molar-refractivity contribution in [3.8, 4) is 0 Å². The molecule has 10 nitrogen and oxygen atoms in total. The summed E-state index contributed by atoms with van der Waals surface area (Å²) in [5.41, 5.74) is -2.41. The highest BCUT2D eigenvalue weighted by Gasteiger charge is 2.51. The average Bonchev–Trinajstić information content (AvgIpc) is 2.96. The Balaban J connectivity index is 2.22. The summed E-state index contributed by atoms with van der Waals surface area (Å²) in [5, 5.41) is 1.36. The van der Waals surface area contributed by atoms with Crippen LogP contribution in [0.3, 0.4) is 0 Å². The zero-order valence-electron chi connectivity index (χ0n) is 17.3. The van der Waals surface area contributed by atoms with Gasteiger partial charge in [-0.15, -0.1) is 0 Å². The maximum absolute atomic E-state index is 12.4. The standard InChI is InChI=1S/C18H29N3O7/c1-17(2,3)27-16(24)21-9-7-8-12(11-21)14-19-18(15(23)26-6,28-20(14)4)10-13(22)25-5/h12H,7-11H2,1-6H3. The molecule has 0 aromatic rings. The van der Waals surface area contributed by atoms with Gasteiger partial charge in [0.05, 0.1) is 14.2 Å². The van der Waals surface area contributed by atoms with E-state index < -0.39 is 35.8 Å². The lowest BCUT2D eigenvalue weighted by Crippen LogP contribution is -2.46. The molecule has 1 fully saturated rings. The second-order valence-corrected chi connectivity index (χ2v) is 7.85. The number of amidine groups is 1. The number of carbonyl (C=O) groups excluding carboxylic acids is 3. The third-order valence-electron chi connectivity index (χ3n) is 4.46. The van der Waals surface area contributed by atoms with Crippen LogP contribution in [-0.4, -0.2) is 79.5 Å². The van der Waals surface area contributed by atoms with E-state index in [2.05, 4.69) is 9.73 Å². The molecule has 2 rings (SSSR count). The van der Waals surface area contributed by atoms with Crippen LogP contribution in [0, 0.1) is 5.92 Å². The molecule has 0 saturated carbocycles. The fourth-order valence-corrected chi connectivity index (χ4v) is 3.23. The van der Waals surface area contributed by atoms with Gasteiger partial charge in [0.1, 0.15) is 17.9 Å². The number of hydroxylamine groups is 2. The summed E-state index contributed by atoms with van der Waals surface area (Å²) in [6, 6.07) is 0. The molecule has 2 aliphatic heterocycles. The van der Waals surface area contributed by atoms with E-state index in [9.17, 15) is 14.4 Å². The van der Waals surface area contributed by atoms with E-state index in [4.69, 9.17) is 14.3 Å². The predicted octanol–water partition coefficient (Wildman–Crippen LogP) is 1.34. The van der Waals surface area contributed by atoms with Crippen molar-refractivity contribution < 1.29 is 33.4 Å². The predicted molar refractivity (Wildman–Crippen MR) is 98.2 cm³/mol. The lowest BCUT2D eigenvalue weighted by atomic mass is 9.96. The molecule has 2 atom stereocenters. The van der Waals surface area contributed by atoms with Crippen LogP contribution < -0.4 is 0 Å². The van der Waals surface area contributed by atoms with E-state index in [1.54, 1.807) is 11.9 Å². The van der Waals surface area contributed by atoms with Crippen molar-refractivity contribution in [3.63, 3.8) is 0 Å². The summed E-state index contributed by atoms with van der Waals surface area (Å²) in [6.45, 7) is 6.38. The van der Waals surface area contributed by atoms with Crippen LogP contribution in [0.15, 0.2) is 4.99 Å². The molecular weight excluding hydrogens is 370 g/mol. The van der Waals surface area contributed by atoms with Crippen LogP contribution in [-0.2, 0) is 28.6 Å². The van der Waals surface area contributed by atoms with E-state index in [0.717, 1.165) is 12.8 Å². The molecule has 1 saturated heterocycles. The van der Waals surface area contributed by atoms with Crippen LogP contribution >= 0.6 is 0 Å². The Morgan fingerprint density at radius 3 is 2.50 bits per heavy atom. The molecule has 0 aliphatic carbocycles. The fraction of sp³-hybridized carbons (Fsp3) is 0.778. The van der Waals surface area contributed by atoms with Crippen molar-refractivity contribution in [2.75, 3.05) is 34.4 Å². The smallest absolute Gasteiger partial charge is 0.410 e. The number of aliphatic imine (C=N–C) groups is 1. The van der Waals surface area contributed by atoms with Crippen molar-refractivity contribution in [2.24, 2.45) is 10.9 Å². The molecule has 2 heterocycles. The van der Waals surface area contributed by atoms with Crippen LogP contribution in [0.5, 0.6) is 0 Å². The summed E-state index contributed by atoms with van der Waals surface area (Å²) in [5.74, 6) is -1.14. The highest BCUT2D eigenvalue weighted by Crippen LogP contribution is 2.33. The number of nitrogens with zero attached hydrogens (tertiary/aromatic N) is 3. The number of carbonyl (C=O) groups is 3. The number of likely N-dealkylation sites (tertiary alicyclic amines) is 1. The van der Waals surface area contributed by atoms with Gasteiger partial charge in [-0.25, -0.2) is 24.5 Å². The number of rotatable bonds is 4. The number of methoxy groups -OCH3 is 2. The number of piperidine rings is 1. The van der Waals surface area contributed by atoms with Gasteiger partial charge in [0.25, 0.3) is 5.72 Å². The second kappa shape index (κ2) is 8.34. The SMILES string of the molecule is COC(=O)CC1(C(=O)OC)N=C(C2CCCN(C(=O)OC(C)(C)C)C2)N(C)O1. The Morgan fingerprint density at radius 1 is 1.25 bits per heavy atom. The summed E-state index contributed by atoms with van der Waals surface area (Å²) in [4.78, 5) is 48.2. The second-order valence-electron chi connectivity index (χ2n) is 7.85. The van der Waals surface area contributed by atoms with Crippen molar-refractivity contribution in [1.29, 1.82) is 0 Å².